The summed E-state index contributed by atoms with van der Waals surface area (Å²) in [4.78, 5) is 11.0. The van der Waals surface area contributed by atoms with Crippen molar-refractivity contribution >= 4 is 5.97 Å². The second-order valence-corrected chi connectivity index (χ2v) is 6.41. The largest absolute Gasteiger partial charge is 0.487 e. The van der Waals surface area contributed by atoms with Crippen molar-refractivity contribution in [2.75, 3.05) is 0 Å². The number of carboxylic acids is 1. The van der Waals surface area contributed by atoms with Crippen LogP contribution in [-0.4, -0.2) is 23.3 Å². The minimum atomic E-state index is -1.37. The number of carboxylic acid groups (broad SMARTS) is 1. The highest BCUT2D eigenvalue weighted by Crippen LogP contribution is 2.38. The Balaban J connectivity index is 1.96. The molecule has 0 aliphatic heterocycles. The van der Waals surface area contributed by atoms with Gasteiger partial charge >= 0.3 is 5.97 Å². The lowest BCUT2D eigenvalue weighted by molar-refractivity contribution is -0.145. The minimum absolute atomic E-state index is 0.0409. The van der Waals surface area contributed by atoms with Crippen LogP contribution in [0.4, 0.5) is 13.2 Å². The Bertz CT molecular complexity index is 826. The molecule has 0 spiro atoms. The van der Waals surface area contributed by atoms with Crippen LogP contribution in [0.3, 0.4) is 0 Å². The van der Waals surface area contributed by atoms with Gasteiger partial charge in [0, 0.05) is 5.56 Å². The Labute approximate surface area is 154 Å². The molecular weight excluding hydrogens is 361 g/mol. The highest BCUT2D eigenvalue weighted by Gasteiger charge is 2.25. The van der Waals surface area contributed by atoms with Crippen molar-refractivity contribution in [1.82, 2.24) is 0 Å². The average Bonchev–Trinajstić information content (AvgIpc) is 2.58. The third-order valence-electron chi connectivity index (χ3n) is 4.52. The number of hydrogen-bond acceptors (Lipinski definition) is 3. The molecular formula is C20H19F3O4. The first-order chi connectivity index (χ1) is 12.9. The van der Waals surface area contributed by atoms with E-state index >= 15 is 0 Å². The Morgan fingerprint density at radius 1 is 1.15 bits per heavy atom. The van der Waals surface area contributed by atoms with E-state index in [9.17, 15) is 18.0 Å². The van der Waals surface area contributed by atoms with Gasteiger partial charge < -0.3 is 14.6 Å². The van der Waals surface area contributed by atoms with Gasteiger partial charge in [-0.1, -0.05) is 19.1 Å². The summed E-state index contributed by atoms with van der Waals surface area (Å²) in [6.45, 7) is 1.53. The van der Waals surface area contributed by atoms with E-state index in [4.69, 9.17) is 14.6 Å². The van der Waals surface area contributed by atoms with Crippen LogP contribution in [0.1, 0.15) is 32.6 Å². The molecule has 7 heteroatoms. The molecule has 1 aliphatic rings. The fourth-order valence-electron chi connectivity index (χ4n) is 2.79. The third kappa shape index (κ3) is 4.02. The molecule has 2 aromatic carbocycles. The van der Waals surface area contributed by atoms with Crippen LogP contribution in [0.15, 0.2) is 30.3 Å². The van der Waals surface area contributed by atoms with Gasteiger partial charge in [-0.05, 0) is 49.4 Å². The number of halogens is 3. The molecule has 1 saturated carbocycles. The smallest absolute Gasteiger partial charge is 0.344 e. The lowest BCUT2D eigenvalue weighted by Crippen LogP contribution is -2.26. The maximum absolute atomic E-state index is 14.4. The Hall–Kier alpha value is -2.70. The fraction of sp³-hybridized carbons (Fsp3) is 0.350. The molecule has 0 radical (unpaired) electrons. The molecule has 0 amide bonds. The predicted molar refractivity (Wildman–Crippen MR) is 92.4 cm³/mol. The molecule has 0 heterocycles. The zero-order valence-electron chi connectivity index (χ0n) is 14.7. The van der Waals surface area contributed by atoms with Crippen molar-refractivity contribution in [2.24, 2.45) is 0 Å². The van der Waals surface area contributed by atoms with E-state index < -0.39 is 35.3 Å². The van der Waals surface area contributed by atoms with Crippen LogP contribution >= 0.6 is 0 Å². The zero-order valence-corrected chi connectivity index (χ0v) is 14.7. The molecule has 3 rings (SSSR count). The van der Waals surface area contributed by atoms with Crippen LogP contribution in [-0.2, 0) is 4.79 Å². The normalized spacial score (nSPS) is 15.1. The van der Waals surface area contributed by atoms with Gasteiger partial charge in [0.1, 0.15) is 0 Å². The van der Waals surface area contributed by atoms with Gasteiger partial charge in [-0.3, -0.25) is 0 Å². The second-order valence-electron chi connectivity index (χ2n) is 6.41. The fourth-order valence-corrected chi connectivity index (χ4v) is 2.79. The molecule has 0 saturated heterocycles. The summed E-state index contributed by atoms with van der Waals surface area (Å²) < 4.78 is 53.7. The van der Waals surface area contributed by atoms with Crippen molar-refractivity contribution < 1.29 is 32.5 Å². The van der Waals surface area contributed by atoms with Gasteiger partial charge in [0.05, 0.1) is 6.10 Å². The number of para-hydroxylation sites is 1. The summed E-state index contributed by atoms with van der Waals surface area (Å²) in [5, 5.41) is 9.00. The van der Waals surface area contributed by atoms with Gasteiger partial charge in [-0.25, -0.2) is 18.0 Å². The highest BCUT2D eigenvalue weighted by molar-refractivity contribution is 5.73. The van der Waals surface area contributed by atoms with E-state index in [0.29, 0.717) is 0 Å². The molecule has 1 N–H and O–H groups in total. The topological polar surface area (TPSA) is 55.8 Å². The van der Waals surface area contributed by atoms with E-state index in [2.05, 4.69) is 0 Å². The Morgan fingerprint density at radius 2 is 1.81 bits per heavy atom. The maximum atomic E-state index is 14.4. The SMILES string of the molecule is CCC(Oc1c(F)cc(-c2cccc(F)c2OC2CCC2)cc1F)C(=O)O. The molecule has 1 fully saturated rings. The minimum Gasteiger partial charge on any atom is -0.487 e. The molecule has 0 bridgehead atoms. The predicted octanol–water partition coefficient (Wildman–Crippen LogP) is 4.94. The van der Waals surface area contributed by atoms with E-state index in [1.807, 2.05) is 0 Å². The summed E-state index contributed by atoms with van der Waals surface area (Å²) in [5.74, 6) is -4.89. The number of aliphatic carboxylic acids is 1. The summed E-state index contributed by atoms with van der Waals surface area (Å²) >= 11 is 0. The lowest BCUT2D eigenvalue weighted by atomic mass is 9.95. The lowest BCUT2D eigenvalue weighted by Gasteiger charge is -2.27. The number of carbonyl (C=O) groups is 1. The second kappa shape index (κ2) is 7.90. The van der Waals surface area contributed by atoms with Crippen molar-refractivity contribution in [1.29, 1.82) is 0 Å². The summed E-state index contributed by atoms with van der Waals surface area (Å²) in [6.07, 6.45) is 1.16. The first-order valence-electron chi connectivity index (χ1n) is 8.74. The molecule has 2 aromatic rings. The molecule has 27 heavy (non-hydrogen) atoms. The van der Waals surface area contributed by atoms with Crippen molar-refractivity contribution in [3.05, 3.63) is 47.8 Å². The first kappa shape index (κ1) is 19.1. The molecule has 1 unspecified atom stereocenters. The quantitative estimate of drug-likeness (QED) is 0.739. The van der Waals surface area contributed by atoms with E-state index in [1.54, 1.807) is 0 Å². The highest BCUT2D eigenvalue weighted by atomic mass is 19.1. The van der Waals surface area contributed by atoms with Gasteiger partial charge in [0.25, 0.3) is 0 Å². The number of ether oxygens (including phenoxy) is 2. The Kier molecular flexibility index (Phi) is 5.58. The van der Waals surface area contributed by atoms with Crippen LogP contribution in [0, 0.1) is 17.5 Å². The van der Waals surface area contributed by atoms with Crippen molar-refractivity contribution in [3.8, 4) is 22.6 Å². The monoisotopic (exact) mass is 380 g/mol. The average molecular weight is 380 g/mol. The van der Waals surface area contributed by atoms with Crippen LogP contribution in [0.2, 0.25) is 0 Å². The van der Waals surface area contributed by atoms with Crippen molar-refractivity contribution in [2.45, 2.75) is 44.8 Å². The van der Waals surface area contributed by atoms with E-state index in [1.165, 1.54) is 25.1 Å². The zero-order chi connectivity index (χ0) is 19.6. The summed E-state index contributed by atoms with van der Waals surface area (Å²) in [6, 6.07) is 6.12. The molecule has 1 aliphatic carbocycles. The third-order valence-corrected chi connectivity index (χ3v) is 4.52. The Morgan fingerprint density at radius 3 is 2.33 bits per heavy atom. The number of benzene rings is 2. The molecule has 0 aromatic heterocycles. The van der Waals surface area contributed by atoms with Crippen molar-refractivity contribution in [3.63, 3.8) is 0 Å². The number of rotatable bonds is 7. The molecule has 144 valence electrons. The van der Waals surface area contributed by atoms with Crippen LogP contribution < -0.4 is 9.47 Å². The molecule has 1 atom stereocenters. The van der Waals surface area contributed by atoms with Gasteiger partial charge in [0.15, 0.2) is 35.1 Å². The standard InChI is InChI=1S/C20H19F3O4/c1-2-17(20(24)25)27-19-15(22)9-11(10-16(19)23)13-7-4-8-14(21)18(13)26-12-5-3-6-12/h4,7-10,12,17H,2-3,5-6H2,1H3,(H,24,25). The number of hydrogen-bond donors (Lipinski definition) is 1. The van der Waals surface area contributed by atoms with Crippen LogP contribution in [0.5, 0.6) is 11.5 Å². The first-order valence-corrected chi connectivity index (χ1v) is 8.74. The maximum Gasteiger partial charge on any atom is 0.344 e. The summed E-state index contributed by atoms with van der Waals surface area (Å²) in [5.41, 5.74) is 0.297. The van der Waals surface area contributed by atoms with Gasteiger partial charge in [0.2, 0.25) is 0 Å². The molecule has 4 nitrogen and oxygen atoms in total. The summed E-state index contributed by atoms with van der Waals surface area (Å²) in [7, 11) is 0. The van der Waals surface area contributed by atoms with E-state index in [-0.39, 0.29) is 29.4 Å². The van der Waals surface area contributed by atoms with Gasteiger partial charge in [-0.15, -0.1) is 0 Å². The van der Waals surface area contributed by atoms with Crippen LogP contribution in [0.25, 0.3) is 11.1 Å². The van der Waals surface area contributed by atoms with E-state index in [0.717, 1.165) is 31.4 Å². The van der Waals surface area contributed by atoms with Gasteiger partial charge in [-0.2, -0.15) is 0 Å².